The van der Waals surface area contributed by atoms with Crippen LogP contribution in [0, 0.1) is 11.8 Å². The number of carboxylic acid groups (broad SMARTS) is 2. The van der Waals surface area contributed by atoms with Gasteiger partial charge in [-0.15, -0.1) is 0 Å². The highest BCUT2D eigenvalue weighted by atomic mass is 16.4. The Morgan fingerprint density at radius 2 is 1.10 bits per heavy atom. The quantitative estimate of drug-likeness (QED) is 0.523. The molecule has 166 valence electrons. The molecule has 6 heteroatoms. The van der Waals surface area contributed by atoms with Crippen molar-refractivity contribution < 1.29 is 30.0 Å². The van der Waals surface area contributed by atoms with Crippen LogP contribution in [-0.2, 0) is 0 Å². The third-order valence-corrected chi connectivity index (χ3v) is 4.78. The van der Waals surface area contributed by atoms with E-state index in [0.717, 1.165) is 0 Å². The van der Waals surface area contributed by atoms with Gasteiger partial charge in [0.15, 0.2) is 0 Å². The molecule has 4 N–H and O–H groups in total. The van der Waals surface area contributed by atoms with Gasteiger partial charge in [-0.25, -0.2) is 9.59 Å². The van der Waals surface area contributed by atoms with E-state index in [2.05, 4.69) is 0 Å². The fourth-order valence-electron chi connectivity index (χ4n) is 2.77. The maximum Gasteiger partial charge on any atom is 0.335 e. The fraction of sp³-hybridized carbons (Fsp3) is 0.417. The van der Waals surface area contributed by atoms with Gasteiger partial charge in [-0.3, -0.25) is 0 Å². The van der Waals surface area contributed by atoms with Gasteiger partial charge in [-0.1, -0.05) is 64.1 Å². The maximum absolute atomic E-state index is 10.2. The molecule has 0 amide bonds. The summed E-state index contributed by atoms with van der Waals surface area (Å²) in [6, 6.07) is 16.6. The molecular weight excluding hydrogens is 384 g/mol. The molecule has 30 heavy (non-hydrogen) atoms. The molecule has 0 bridgehead atoms. The summed E-state index contributed by atoms with van der Waals surface area (Å²) in [6.45, 7) is 8.27. The summed E-state index contributed by atoms with van der Waals surface area (Å²) in [7, 11) is 0. The van der Waals surface area contributed by atoms with E-state index in [9.17, 15) is 14.7 Å². The minimum absolute atomic E-state index is 0.168. The van der Waals surface area contributed by atoms with Crippen molar-refractivity contribution in [3.05, 3.63) is 71.8 Å². The lowest BCUT2D eigenvalue weighted by Gasteiger charge is -2.36. The van der Waals surface area contributed by atoms with Crippen molar-refractivity contribution in [3.63, 3.8) is 0 Å². The largest absolute Gasteiger partial charge is 0.478 e. The zero-order valence-electron chi connectivity index (χ0n) is 18.2. The highest BCUT2D eigenvalue weighted by Crippen LogP contribution is 2.30. The van der Waals surface area contributed by atoms with Crippen molar-refractivity contribution >= 4 is 11.9 Å². The van der Waals surface area contributed by atoms with Crippen molar-refractivity contribution in [2.24, 2.45) is 11.8 Å². The molecule has 0 spiro atoms. The molecule has 0 saturated heterocycles. The topological polar surface area (TPSA) is 115 Å². The van der Waals surface area contributed by atoms with Gasteiger partial charge in [0.25, 0.3) is 0 Å². The molecular formula is C24H34O6. The second-order valence-electron chi connectivity index (χ2n) is 7.47. The Morgan fingerprint density at radius 3 is 1.30 bits per heavy atom. The Kier molecular flexibility index (Phi) is 13.0. The van der Waals surface area contributed by atoms with E-state index < -0.39 is 17.5 Å². The molecule has 0 aliphatic rings. The SMILES string of the molecule is CC(C)C(O)(CCCO)C(C)C.O=C(O)c1ccccc1.O=C(O)c1ccccc1. The summed E-state index contributed by atoms with van der Waals surface area (Å²) >= 11 is 0. The van der Waals surface area contributed by atoms with Crippen molar-refractivity contribution in [1.82, 2.24) is 0 Å². The summed E-state index contributed by atoms with van der Waals surface area (Å²) in [6.07, 6.45) is 1.38. The van der Waals surface area contributed by atoms with Gasteiger partial charge in [-0.05, 0) is 48.9 Å². The molecule has 0 aliphatic heterocycles. The minimum Gasteiger partial charge on any atom is -0.478 e. The summed E-state index contributed by atoms with van der Waals surface area (Å²) in [4.78, 5) is 20.4. The number of hydrogen-bond donors (Lipinski definition) is 4. The number of carbonyl (C=O) groups is 2. The van der Waals surface area contributed by atoms with Crippen LogP contribution in [-0.4, -0.2) is 44.6 Å². The first kappa shape index (κ1) is 27.3. The van der Waals surface area contributed by atoms with E-state index in [0.29, 0.717) is 24.0 Å². The number of rotatable bonds is 7. The summed E-state index contributed by atoms with van der Waals surface area (Å²) in [5.41, 5.74) is 0.0536. The van der Waals surface area contributed by atoms with Crippen LogP contribution >= 0.6 is 0 Å². The first-order valence-electron chi connectivity index (χ1n) is 9.96. The van der Waals surface area contributed by atoms with Gasteiger partial charge >= 0.3 is 11.9 Å². The zero-order chi connectivity index (χ0) is 23.2. The summed E-state index contributed by atoms with van der Waals surface area (Å²) in [5, 5.41) is 35.6. The van der Waals surface area contributed by atoms with E-state index in [-0.39, 0.29) is 18.4 Å². The monoisotopic (exact) mass is 418 g/mol. The van der Waals surface area contributed by atoms with Crippen LogP contribution in [0.1, 0.15) is 61.3 Å². The van der Waals surface area contributed by atoms with Gasteiger partial charge in [-0.2, -0.15) is 0 Å². The molecule has 0 saturated carbocycles. The summed E-state index contributed by atoms with van der Waals surface area (Å²) in [5.74, 6) is -1.25. The van der Waals surface area contributed by atoms with E-state index in [1.807, 2.05) is 27.7 Å². The Morgan fingerprint density at radius 1 is 0.767 bits per heavy atom. The first-order chi connectivity index (χ1) is 14.1. The lowest BCUT2D eigenvalue weighted by molar-refractivity contribution is -0.0575. The molecule has 2 aromatic carbocycles. The normalized spacial score (nSPS) is 10.5. The molecule has 0 fully saturated rings. The van der Waals surface area contributed by atoms with Crippen LogP contribution in [0.4, 0.5) is 0 Å². The van der Waals surface area contributed by atoms with Gasteiger partial charge in [0.1, 0.15) is 0 Å². The smallest absolute Gasteiger partial charge is 0.335 e. The standard InChI is InChI=1S/C10H22O2.2C7H6O2/c1-8(2)10(12,9(3)4)6-5-7-11;2*8-7(9)6-4-2-1-3-5-6/h8-9,11-12H,5-7H2,1-4H3;2*1-5H,(H,8,9). The first-order valence-corrected chi connectivity index (χ1v) is 9.96. The Labute approximate surface area is 178 Å². The molecule has 0 atom stereocenters. The van der Waals surface area contributed by atoms with Crippen LogP contribution in [0.25, 0.3) is 0 Å². The molecule has 2 rings (SSSR count). The predicted octanol–water partition coefficient (Wildman–Crippen LogP) is 4.57. The Bertz CT molecular complexity index is 668. The average molecular weight is 419 g/mol. The maximum atomic E-state index is 10.2. The van der Waals surface area contributed by atoms with Crippen molar-refractivity contribution in [3.8, 4) is 0 Å². The van der Waals surface area contributed by atoms with Gasteiger partial charge in [0.2, 0.25) is 0 Å². The van der Waals surface area contributed by atoms with Crippen LogP contribution in [0.15, 0.2) is 60.7 Å². The lowest BCUT2D eigenvalue weighted by atomic mass is 9.77. The summed E-state index contributed by atoms with van der Waals surface area (Å²) < 4.78 is 0. The zero-order valence-corrected chi connectivity index (χ0v) is 18.2. The number of hydrogen-bond acceptors (Lipinski definition) is 4. The van der Waals surface area contributed by atoms with Crippen molar-refractivity contribution in [2.75, 3.05) is 6.61 Å². The second-order valence-corrected chi connectivity index (χ2v) is 7.47. The van der Waals surface area contributed by atoms with E-state index in [1.54, 1.807) is 60.7 Å². The Balaban J connectivity index is 0.000000426. The van der Waals surface area contributed by atoms with Gasteiger partial charge in [0.05, 0.1) is 16.7 Å². The lowest BCUT2D eigenvalue weighted by Crippen LogP contribution is -2.40. The molecule has 2 aromatic rings. The van der Waals surface area contributed by atoms with Crippen LogP contribution in [0.2, 0.25) is 0 Å². The third kappa shape index (κ3) is 10.2. The molecule has 0 aromatic heterocycles. The van der Waals surface area contributed by atoms with Crippen molar-refractivity contribution in [1.29, 1.82) is 0 Å². The minimum atomic E-state index is -0.879. The highest BCUT2D eigenvalue weighted by Gasteiger charge is 2.33. The number of carboxylic acids is 2. The van der Waals surface area contributed by atoms with E-state index in [4.69, 9.17) is 15.3 Å². The van der Waals surface area contributed by atoms with Gasteiger partial charge in [0, 0.05) is 6.61 Å². The molecule has 6 nitrogen and oxygen atoms in total. The fourth-order valence-corrected chi connectivity index (χ4v) is 2.77. The highest BCUT2D eigenvalue weighted by molar-refractivity contribution is 5.87. The Hall–Kier alpha value is -2.70. The predicted molar refractivity (Wildman–Crippen MR) is 118 cm³/mol. The second kappa shape index (κ2) is 14.3. The molecule has 0 aliphatic carbocycles. The molecule has 0 heterocycles. The number of aliphatic hydroxyl groups is 2. The van der Waals surface area contributed by atoms with Crippen LogP contribution in [0.3, 0.4) is 0 Å². The number of aromatic carboxylic acids is 2. The number of benzene rings is 2. The number of aliphatic hydroxyl groups excluding tert-OH is 1. The molecule has 0 radical (unpaired) electrons. The molecule has 0 unspecified atom stereocenters. The van der Waals surface area contributed by atoms with Crippen LogP contribution in [0.5, 0.6) is 0 Å². The van der Waals surface area contributed by atoms with Crippen molar-refractivity contribution in [2.45, 2.75) is 46.1 Å². The third-order valence-electron chi connectivity index (χ3n) is 4.78. The van der Waals surface area contributed by atoms with E-state index >= 15 is 0 Å². The average Bonchev–Trinajstić information content (AvgIpc) is 2.73. The van der Waals surface area contributed by atoms with Gasteiger partial charge < -0.3 is 20.4 Å². The van der Waals surface area contributed by atoms with E-state index in [1.165, 1.54) is 0 Å². The van der Waals surface area contributed by atoms with Crippen LogP contribution < -0.4 is 0 Å².